The van der Waals surface area contributed by atoms with Gasteiger partial charge in [0.1, 0.15) is 0 Å². The van der Waals surface area contributed by atoms with Crippen molar-refractivity contribution in [2.45, 2.75) is 12.5 Å². The lowest BCUT2D eigenvalue weighted by molar-refractivity contribution is 0.616. The number of hydrogen-bond donors (Lipinski definition) is 1. The van der Waals surface area contributed by atoms with E-state index in [0.717, 1.165) is 36.6 Å². The maximum atomic E-state index is 4.33. The van der Waals surface area contributed by atoms with Gasteiger partial charge in [0.25, 0.3) is 0 Å². The predicted molar refractivity (Wildman–Crippen MR) is 74.9 cm³/mol. The Balaban J connectivity index is 1.76. The number of pyridine rings is 1. The molecule has 0 saturated carbocycles. The fraction of sp³-hybridized carbons (Fsp3) is 0.357. The van der Waals surface area contributed by atoms with Crippen molar-refractivity contribution in [2.24, 2.45) is 0 Å². The average molecular weight is 255 g/mol. The smallest absolute Gasteiger partial charge is 0.151 e. The molecule has 3 heterocycles. The molecule has 0 radical (unpaired) electrons. The number of nitrogens with zero attached hydrogens (tertiary/aromatic N) is 4. The molecule has 2 aromatic rings. The van der Waals surface area contributed by atoms with Crippen LogP contribution in [0.3, 0.4) is 0 Å². The summed E-state index contributed by atoms with van der Waals surface area (Å²) >= 11 is 0. The van der Waals surface area contributed by atoms with Gasteiger partial charge in [-0.15, -0.1) is 10.2 Å². The minimum atomic E-state index is 0.555. The molecule has 1 unspecified atom stereocenters. The Morgan fingerprint density at radius 2 is 2.21 bits per heavy atom. The molecule has 1 fully saturated rings. The molecule has 1 N–H and O–H groups in total. The molecule has 0 bridgehead atoms. The van der Waals surface area contributed by atoms with Gasteiger partial charge >= 0.3 is 0 Å². The highest BCUT2D eigenvalue weighted by Gasteiger charge is 2.22. The molecule has 5 nitrogen and oxygen atoms in total. The predicted octanol–water partition coefficient (Wildman–Crippen LogP) is 1.34. The van der Waals surface area contributed by atoms with Crippen molar-refractivity contribution in [2.75, 3.05) is 25.0 Å². The first-order valence-electron chi connectivity index (χ1n) is 6.53. The van der Waals surface area contributed by atoms with E-state index in [0.29, 0.717) is 6.04 Å². The van der Waals surface area contributed by atoms with Gasteiger partial charge in [0.15, 0.2) is 5.82 Å². The molecule has 1 saturated heterocycles. The summed E-state index contributed by atoms with van der Waals surface area (Å²) in [4.78, 5) is 6.36. The van der Waals surface area contributed by atoms with E-state index in [-0.39, 0.29) is 0 Å². The van der Waals surface area contributed by atoms with Crippen LogP contribution in [0, 0.1) is 0 Å². The summed E-state index contributed by atoms with van der Waals surface area (Å²) in [6.45, 7) is 2.03. The lowest BCUT2D eigenvalue weighted by atomic mass is 10.2. The molecule has 1 aliphatic heterocycles. The van der Waals surface area contributed by atoms with E-state index in [4.69, 9.17) is 0 Å². The largest absolute Gasteiger partial charge is 0.354 e. The van der Waals surface area contributed by atoms with E-state index < -0.39 is 0 Å². The average Bonchev–Trinajstić information content (AvgIpc) is 2.97. The van der Waals surface area contributed by atoms with Crippen molar-refractivity contribution in [3.63, 3.8) is 0 Å². The number of anilines is 1. The summed E-state index contributed by atoms with van der Waals surface area (Å²) in [5.74, 6) is 0.949. The van der Waals surface area contributed by atoms with E-state index in [1.54, 1.807) is 12.4 Å². The van der Waals surface area contributed by atoms with Gasteiger partial charge in [0.2, 0.25) is 0 Å². The third-order valence-electron chi connectivity index (χ3n) is 3.53. The monoisotopic (exact) mass is 255 g/mol. The molecule has 0 spiro atoms. The SMILES string of the molecule is CNC1CCN(c2ccc(-c3cccnc3)nn2)C1. The quantitative estimate of drug-likeness (QED) is 0.897. The van der Waals surface area contributed by atoms with Crippen LogP contribution >= 0.6 is 0 Å². The fourth-order valence-corrected chi connectivity index (χ4v) is 2.37. The third kappa shape index (κ3) is 2.56. The Bertz CT molecular complexity index is 525. The Kier molecular flexibility index (Phi) is 3.37. The molecule has 1 atom stereocenters. The summed E-state index contributed by atoms with van der Waals surface area (Å²) in [6, 6.07) is 8.49. The lowest BCUT2D eigenvalue weighted by Gasteiger charge is -2.16. The Morgan fingerprint density at radius 1 is 1.26 bits per heavy atom. The second-order valence-corrected chi connectivity index (χ2v) is 4.74. The molecule has 5 heteroatoms. The van der Waals surface area contributed by atoms with E-state index in [1.807, 2.05) is 31.3 Å². The molecular weight excluding hydrogens is 238 g/mol. The molecule has 0 amide bonds. The first-order valence-corrected chi connectivity index (χ1v) is 6.53. The first kappa shape index (κ1) is 12.0. The van der Waals surface area contributed by atoms with Crippen LogP contribution in [0.25, 0.3) is 11.3 Å². The minimum absolute atomic E-state index is 0.555. The highest BCUT2D eigenvalue weighted by molar-refractivity contribution is 5.58. The van der Waals surface area contributed by atoms with Gasteiger partial charge in [-0.3, -0.25) is 4.98 Å². The van der Waals surface area contributed by atoms with E-state index in [9.17, 15) is 0 Å². The Labute approximate surface area is 112 Å². The zero-order chi connectivity index (χ0) is 13.1. The van der Waals surface area contributed by atoms with Crippen molar-refractivity contribution in [1.29, 1.82) is 0 Å². The van der Waals surface area contributed by atoms with Crippen LogP contribution < -0.4 is 10.2 Å². The number of hydrogen-bond acceptors (Lipinski definition) is 5. The lowest BCUT2D eigenvalue weighted by Crippen LogP contribution is -2.29. The maximum Gasteiger partial charge on any atom is 0.151 e. The molecule has 3 rings (SSSR count). The highest BCUT2D eigenvalue weighted by Crippen LogP contribution is 2.20. The number of nitrogens with one attached hydrogen (secondary N) is 1. The Hall–Kier alpha value is -2.01. The summed E-state index contributed by atoms with van der Waals surface area (Å²) in [5.41, 5.74) is 1.86. The first-order chi connectivity index (χ1) is 9.36. The fourth-order valence-electron chi connectivity index (χ4n) is 2.37. The summed E-state index contributed by atoms with van der Waals surface area (Å²) in [6.07, 6.45) is 4.71. The van der Waals surface area contributed by atoms with Crippen LogP contribution in [0.2, 0.25) is 0 Å². The summed E-state index contributed by atoms with van der Waals surface area (Å²) in [5, 5.41) is 11.9. The second kappa shape index (κ2) is 5.32. The van der Waals surface area contributed by atoms with Crippen molar-refractivity contribution in [1.82, 2.24) is 20.5 Å². The third-order valence-corrected chi connectivity index (χ3v) is 3.53. The molecule has 2 aromatic heterocycles. The molecule has 1 aliphatic rings. The van der Waals surface area contributed by atoms with Crippen LogP contribution in [0.1, 0.15) is 6.42 Å². The van der Waals surface area contributed by atoms with E-state index >= 15 is 0 Å². The topological polar surface area (TPSA) is 53.9 Å². The number of likely N-dealkylation sites (N-methyl/N-ethyl adjacent to an activating group) is 1. The summed E-state index contributed by atoms with van der Waals surface area (Å²) in [7, 11) is 2.01. The molecular formula is C14H17N5. The molecule has 0 aliphatic carbocycles. The normalized spacial score (nSPS) is 18.8. The maximum absolute atomic E-state index is 4.33. The molecule has 19 heavy (non-hydrogen) atoms. The van der Waals surface area contributed by atoms with Gasteiger partial charge in [-0.05, 0) is 37.7 Å². The van der Waals surface area contributed by atoms with Crippen LogP contribution in [0.4, 0.5) is 5.82 Å². The number of aromatic nitrogens is 3. The van der Waals surface area contributed by atoms with Crippen molar-refractivity contribution in [3.8, 4) is 11.3 Å². The van der Waals surface area contributed by atoms with Gasteiger partial charge in [-0.2, -0.15) is 0 Å². The number of rotatable bonds is 3. The highest BCUT2D eigenvalue weighted by atomic mass is 15.3. The Morgan fingerprint density at radius 3 is 2.84 bits per heavy atom. The van der Waals surface area contributed by atoms with Crippen LogP contribution in [-0.4, -0.2) is 41.4 Å². The zero-order valence-corrected chi connectivity index (χ0v) is 11.0. The van der Waals surface area contributed by atoms with Crippen LogP contribution in [-0.2, 0) is 0 Å². The van der Waals surface area contributed by atoms with Crippen molar-refractivity contribution < 1.29 is 0 Å². The van der Waals surface area contributed by atoms with Crippen molar-refractivity contribution >= 4 is 5.82 Å². The van der Waals surface area contributed by atoms with Crippen LogP contribution in [0.15, 0.2) is 36.7 Å². The second-order valence-electron chi connectivity index (χ2n) is 4.74. The van der Waals surface area contributed by atoms with Crippen LogP contribution in [0.5, 0.6) is 0 Å². The molecule has 98 valence electrons. The minimum Gasteiger partial charge on any atom is -0.354 e. The van der Waals surface area contributed by atoms with Gasteiger partial charge in [-0.1, -0.05) is 0 Å². The van der Waals surface area contributed by atoms with Gasteiger partial charge in [0, 0.05) is 37.1 Å². The van der Waals surface area contributed by atoms with Gasteiger partial charge in [0.05, 0.1) is 5.69 Å². The zero-order valence-electron chi connectivity index (χ0n) is 11.0. The van der Waals surface area contributed by atoms with E-state index in [1.165, 1.54) is 0 Å². The standard InChI is InChI=1S/C14H17N5/c1-15-12-6-8-19(10-12)14-5-4-13(17-18-14)11-3-2-7-16-9-11/h2-5,7,9,12,15H,6,8,10H2,1H3. The van der Waals surface area contributed by atoms with E-state index in [2.05, 4.69) is 25.4 Å². The van der Waals surface area contributed by atoms with Crippen molar-refractivity contribution in [3.05, 3.63) is 36.7 Å². The summed E-state index contributed by atoms with van der Waals surface area (Å²) < 4.78 is 0. The van der Waals surface area contributed by atoms with Gasteiger partial charge < -0.3 is 10.2 Å². The van der Waals surface area contributed by atoms with Gasteiger partial charge in [-0.25, -0.2) is 0 Å². The molecule has 0 aromatic carbocycles.